The molecule has 0 radical (unpaired) electrons. The summed E-state index contributed by atoms with van der Waals surface area (Å²) in [5, 5.41) is 9.10. The third-order valence-corrected chi connectivity index (χ3v) is 2.77. The molecular weight excluding hydrogens is 337 g/mol. The van der Waals surface area contributed by atoms with Crippen LogP contribution in [-0.4, -0.2) is 25.3 Å². The van der Waals surface area contributed by atoms with Gasteiger partial charge in [0.05, 0.1) is 0 Å². The van der Waals surface area contributed by atoms with E-state index in [1.807, 2.05) is 26.0 Å². The van der Waals surface area contributed by atoms with E-state index in [4.69, 9.17) is 49.7 Å². The summed E-state index contributed by atoms with van der Waals surface area (Å²) >= 11 is 15.3. The maximum atomic E-state index is 9.97. The maximum absolute atomic E-state index is 9.97. The predicted octanol–water partition coefficient (Wildman–Crippen LogP) is 3.47. The van der Waals surface area contributed by atoms with Crippen LogP contribution in [0.1, 0.15) is 11.1 Å². The third kappa shape index (κ3) is 10.4. The van der Waals surface area contributed by atoms with E-state index < -0.39 is 18.2 Å². The van der Waals surface area contributed by atoms with E-state index in [1.165, 1.54) is 0 Å². The molecule has 0 bridgehead atoms. The van der Waals surface area contributed by atoms with Crippen LogP contribution in [0.15, 0.2) is 18.2 Å². The normalized spacial score (nSPS) is 11.7. The molecule has 1 rings (SSSR count). The summed E-state index contributed by atoms with van der Waals surface area (Å²) in [6.45, 7) is 3.25. The van der Waals surface area contributed by atoms with Crippen LogP contribution >= 0.6 is 42.6 Å². The van der Waals surface area contributed by atoms with Gasteiger partial charge >= 0.3 is 7.82 Å². The predicted molar refractivity (Wildman–Crippen MR) is 75.9 cm³/mol. The van der Waals surface area contributed by atoms with Crippen LogP contribution in [0.2, 0.25) is 0 Å². The molecule has 1 aromatic rings. The number of aromatic hydroxyl groups is 1. The van der Waals surface area contributed by atoms with E-state index in [2.05, 4.69) is 4.52 Å². The Balaban J connectivity index is 0.000000342. The van der Waals surface area contributed by atoms with Crippen molar-refractivity contribution in [3.63, 3.8) is 0 Å². The molecule has 0 saturated heterocycles. The number of hydrogen-bond acceptors (Lipinski definition) is 3. The molecule has 0 unspecified atom stereocenters. The molecular formula is C10H14Cl3O5P. The van der Waals surface area contributed by atoms with Crippen LogP contribution < -0.4 is 0 Å². The summed E-state index contributed by atoms with van der Waals surface area (Å²) in [5.41, 5.74) is 2.10. The number of aryl methyl sites for hydroxylation is 1. The number of hydrogen-bond donors (Lipinski definition) is 3. The third-order valence-electron chi connectivity index (χ3n) is 1.97. The smallest absolute Gasteiger partial charge is 0.469 e. The van der Waals surface area contributed by atoms with Crippen molar-refractivity contribution in [2.24, 2.45) is 0 Å². The first kappa shape index (κ1) is 19.0. The summed E-state index contributed by atoms with van der Waals surface area (Å²) in [4.78, 5) is 16.2. The van der Waals surface area contributed by atoms with Crippen molar-refractivity contribution in [3.8, 4) is 5.75 Å². The van der Waals surface area contributed by atoms with Gasteiger partial charge in [-0.1, -0.05) is 46.9 Å². The molecule has 0 aliphatic heterocycles. The molecule has 1 aromatic carbocycles. The summed E-state index contributed by atoms with van der Waals surface area (Å²) in [6.07, 6.45) is 0. The second-order valence-corrected chi connectivity index (χ2v) is 7.35. The Hall–Kier alpha value is -0.000000000000000333. The molecule has 19 heavy (non-hydrogen) atoms. The molecule has 0 saturated carbocycles. The largest absolute Gasteiger partial charge is 0.508 e. The SMILES string of the molecule is Cc1cccc(O)c1C.O=P(O)(O)OCC(Cl)(Cl)Cl. The molecule has 0 fully saturated rings. The van der Waals surface area contributed by atoms with Gasteiger partial charge in [0, 0.05) is 0 Å². The molecule has 0 amide bonds. The number of benzene rings is 1. The summed E-state index contributed by atoms with van der Waals surface area (Å²) in [6, 6.07) is 5.52. The van der Waals surface area contributed by atoms with Crippen LogP contribution in [0.4, 0.5) is 0 Å². The van der Waals surface area contributed by atoms with Gasteiger partial charge in [0.15, 0.2) is 0 Å². The fourth-order valence-electron chi connectivity index (χ4n) is 0.893. The van der Waals surface area contributed by atoms with E-state index in [0.29, 0.717) is 5.75 Å². The Labute approximate surface area is 126 Å². The van der Waals surface area contributed by atoms with Gasteiger partial charge in [0.25, 0.3) is 0 Å². The van der Waals surface area contributed by atoms with Crippen LogP contribution in [0.5, 0.6) is 5.75 Å². The number of phenols is 1. The number of phosphoric acid groups is 1. The maximum Gasteiger partial charge on any atom is 0.469 e. The Morgan fingerprint density at radius 3 is 2.05 bits per heavy atom. The zero-order valence-electron chi connectivity index (χ0n) is 10.2. The van der Waals surface area contributed by atoms with Crippen LogP contribution in [0.3, 0.4) is 0 Å². The molecule has 0 heterocycles. The number of phosphoric ester groups is 1. The Bertz CT molecular complexity index is 435. The van der Waals surface area contributed by atoms with Crippen molar-refractivity contribution in [3.05, 3.63) is 29.3 Å². The standard InChI is InChI=1S/C8H10O.C2H4Cl3O4P/c1-6-4-3-5-8(9)7(6)2;3-2(4,5)1-9-10(6,7)8/h3-5,9H,1-2H3;1H2,(H2,6,7,8). The highest BCUT2D eigenvalue weighted by Gasteiger charge is 2.25. The monoisotopic (exact) mass is 350 g/mol. The van der Waals surface area contributed by atoms with E-state index in [1.54, 1.807) is 6.07 Å². The van der Waals surface area contributed by atoms with Gasteiger partial charge in [0.2, 0.25) is 3.79 Å². The number of phenolic OH excluding ortho intramolecular Hbond substituents is 1. The van der Waals surface area contributed by atoms with Crippen molar-refractivity contribution >= 4 is 42.6 Å². The molecule has 0 aromatic heterocycles. The van der Waals surface area contributed by atoms with Gasteiger partial charge in [-0.15, -0.1) is 0 Å². The van der Waals surface area contributed by atoms with Gasteiger partial charge in [-0.3, -0.25) is 4.52 Å². The van der Waals surface area contributed by atoms with Gasteiger partial charge < -0.3 is 14.9 Å². The zero-order valence-corrected chi connectivity index (χ0v) is 13.3. The van der Waals surface area contributed by atoms with E-state index in [9.17, 15) is 4.57 Å². The highest BCUT2D eigenvalue weighted by Crippen LogP contribution is 2.39. The van der Waals surface area contributed by atoms with Crippen LogP contribution in [0, 0.1) is 13.8 Å². The lowest BCUT2D eigenvalue weighted by Gasteiger charge is -2.10. The van der Waals surface area contributed by atoms with Gasteiger partial charge in [-0.25, -0.2) is 4.57 Å². The highest BCUT2D eigenvalue weighted by atomic mass is 35.6. The van der Waals surface area contributed by atoms with Gasteiger partial charge in [0.1, 0.15) is 12.4 Å². The van der Waals surface area contributed by atoms with E-state index >= 15 is 0 Å². The van der Waals surface area contributed by atoms with Gasteiger partial charge in [-0.2, -0.15) is 0 Å². The number of rotatable bonds is 2. The molecule has 9 heteroatoms. The Kier molecular flexibility index (Phi) is 7.70. The average Bonchev–Trinajstić information content (AvgIpc) is 2.22. The minimum Gasteiger partial charge on any atom is -0.508 e. The van der Waals surface area contributed by atoms with E-state index in [-0.39, 0.29) is 0 Å². The molecule has 0 aliphatic carbocycles. The lowest BCUT2D eigenvalue weighted by molar-refractivity contribution is 0.200. The van der Waals surface area contributed by atoms with Crippen molar-refractivity contribution in [2.75, 3.05) is 6.61 Å². The molecule has 110 valence electrons. The first-order valence-corrected chi connectivity index (χ1v) is 7.61. The molecule has 0 aliphatic rings. The van der Waals surface area contributed by atoms with Crippen molar-refractivity contribution in [1.29, 1.82) is 0 Å². The second-order valence-electron chi connectivity index (χ2n) is 3.60. The Morgan fingerprint density at radius 1 is 1.26 bits per heavy atom. The van der Waals surface area contributed by atoms with E-state index in [0.717, 1.165) is 11.1 Å². The molecule has 0 spiro atoms. The quantitative estimate of drug-likeness (QED) is 0.561. The fourth-order valence-corrected chi connectivity index (χ4v) is 1.65. The van der Waals surface area contributed by atoms with Crippen molar-refractivity contribution < 1.29 is 24.0 Å². The number of halogens is 3. The second kappa shape index (κ2) is 7.70. The van der Waals surface area contributed by atoms with Crippen LogP contribution in [0.25, 0.3) is 0 Å². The first-order chi connectivity index (χ1) is 8.42. The van der Waals surface area contributed by atoms with Crippen molar-refractivity contribution in [2.45, 2.75) is 17.6 Å². The Morgan fingerprint density at radius 2 is 1.79 bits per heavy atom. The minimum absolute atomic E-state index is 0.384. The molecule has 0 atom stereocenters. The molecule has 5 nitrogen and oxygen atoms in total. The average molecular weight is 352 g/mol. The van der Waals surface area contributed by atoms with Gasteiger partial charge in [-0.05, 0) is 31.0 Å². The highest BCUT2D eigenvalue weighted by molar-refractivity contribution is 7.46. The van der Waals surface area contributed by atoms with Crippen molar-refractivity contribution in [1.82, 2.24) is 0 Å². The lowest BCUT2D eigenvalue weighted by Crippen LogP contribution is -2.11. The lowest BCUT2D eigenvalue weighted by atomic mass is 10.1. The summed E-state index contributed by atoms with van der Waals surface area (Å²) in [7, 11) is -4.52. The summed E-state index contributed by atoms with van der Waals surface area (Å²) in [5.74, 6) is 0.384. The first-order valence-electron chi connectivity index (χ1n) is 4.94. The topological polar surface area (TPSA) is 87.0 Å². The zero-order chi connectivity index (χ0) is 15.3. The number of alkyl halides is 3. The molecule has 3 N–H and O–H groups in total. The fraction of sp³-hybridized carbons (Fsp3) is 0.400. The minimum atomic E-state index is -4.52. The summed E-state index contributed by atoms with van der Waals surface area (Å²) < 4.78 is 12.0. The van der Waals surface area contributed by atoms with Crippen LogP contribution in [-0.2, 0) is 9.09 Å².